The zero-order chi connectivity index (χ0) is 21.7. The Balaban J connectivity index is 1.55. The molecule has 1 aromatic carbocycles. The summed E-state index contributed by atoms with van der Waals surface area (Å²) in [5.74, 6) is -1.77. The Morgan fingerprint density at radius 3 is 2.77 bits per heavy atom. The summed E-state index contributed by atoms with van der Waals surface area (Å²) in [6, 6.07) is 7.25. The van der Waals surface area contributed by atoms with Crippen molar-refractivity contribution in [2.45, 2.75) is 6.42 Å². The van der Waals surface area contributed by atoms with E-state index in [4.69, 9.17) is 21.7 Å². The summed E-state index contributed by atoms with van der Waals surface area (Å²) in [5, 5.41) is 21.1. The molecule has 2 heterocycles. The van der Waals surface area contributed by atoms with E-state index < -0.39 is 17.6 Å². The fraction of sp³-hybridized carbons (Fsp3) is 0.100. The van der Waals surface area contributed by atoms with Crippen molar-refractivity contribution in [3.05, 3.63) is 65.0 Å². The lowest BCUT2D eigenvalue weighted by Crippen LogP contribution is -2.31. The molecular formula is C20H16N2O6S2. The zero-order valence-corrected chi connectivity index (χ0v) is 17.0. The van der Waals surface area contributed by atoms with Crippen LogP contribution < -0.4 is 5.32 Å². The number of nitrogens with zero attached hydrogens (tertiary/aromatic N) is 1. The number of carbonyl (C=O) groups is 3. The molecule has 0 radical (unpaired) electrons. The Morgan fingerprint density at radius 2 is 2.10 bits per heavy atom. The van der Waals surface area contributed by atoms with E-state index in [1.807, 2.05) is 0 Å². The Labute approximate surface area is 180 Å². The fourth-order valence-electron chi connectivity index (χ4n) is 2.55. The molecule has 1 saturated heterocycles. The second-order valence-electron chi connectivity index (χ2n) is 6.07. The van der Waals surface area contributed by atoms with Gasteiger partial charge in [0.15, 0.2) is 0 Å². The lowest BCUT2D eigenvalue weighted by atomic mass is 10.2. The third kappa shape index (κ3) is 5.16. The van der Waals surface area contributed by atoms with E-state index in [0.29, 0.717) is 15.0 Å². The van der Waals surface area contributed by atoms with Crippen LogP contribution in [-0.4, -0.2) is 43.8 Å². The van der Waals surface area contributed by atoms with Gasteiger partial charge in [0.1, 0.15) is 21.4 Å². The van der Waals surface area contributed by atoms with Crippen LogP contribution in [0.2, 0.25) is 0 Å². The number of carboxylic acids is 1. The highest BCUT2D eigenvalue weighted by molar-refractivity contribution is 8.26. The van der Waals surface area contributed by atoms with Crippen molar-refractivity contribution in [1.29, 1.82) is 0 Å². The molecular weight excluding hydrogens is 428 g/mol. The molecule has 0 aliphatic carbocycles. The first-order chi connectivity index (χ1) is 14.3. The lowest BCUT2D eigenvalue weighted by molar-refractivity contribution is -0.122. The molecule has 10 heteroatoms. The number of allylic oxidation sites excluding steroid dienone is 2. The molecule has 0 unspecified atom stereocenters. The minimum atomic E-state index is -1.27. The van der Waals surface area contributed by atoms with E-state index in [9.17, 15) is 19.5 Å². The number of hydrogen-bond donors (Lipinski definition) is 3. The van der Waals surface area contributed by atoms with Crippen molar-refractivity contribution in [2.24, 2.45) is 0 Å². The van der Waals surface area contributed by atoms with E-state index >= 15 is 0 Å². The summed E-state index contributed by atoms with van der Waals surface area (Å²) in [4.78, 5) is 37.4. The number of hydrogen-bond acceptors (Lipinski definition) is 7. The molecule has 8 nitrogen and oxygen atoms in total. The van der Waals surface area contributed by atoms with Crippen LogP contribution in [0.5, 0.6) is 5.75 Å². The number of rotatable bonds is 7. The monoisotopic (exact) mass is 444 g/mol. The molecule has 1 aliphatic heterocycles. The van der Waals surface area contributed by atoms with Gasteiger partial charge in [-0.25, -0.2) is 4.79 Å². The van der Waals surface area contributed by atoms with Gasteiger partial charge in [0.05, 0.1) is 11.2 Å². The Morgan fingerprint density at radius 1 is 1.30 bits per heavy atom. The molecule has 0 atom stereocenters. The molecule has 30 heavy (non-hydrogen) atoms. The van der Waals surface area contributed by atoms with Gasteiger partial charge in [0.25, 0.3) is 5.91 Å². The van der Waals surface area contributed by atoms with Crippen molar-refractivity contribution in [3.8, 4) is 5.75 Å². The SMILES string of the molecule is O=C(CCN1C(=O)/C(=C\C=C\c2ccco2)SC1=S)Nc1ccc(C(=O)O)c(O)c1. The maximum atomic E-state index is 12.5. The average Bonchev–Trinajstić information content (AvgIpc) is 3.29. The largest absolute Gasteiger partial charge is 0.507 e. The first-order valence-electron chi connectivity index (χ1n) is 8.67. The maximum Gasteiger partial charge on any atom is 0.339 e. The van der Waals surface area contributed by atoms with Gasteiger partial charge in [0.2, 0.25) is 5.91 Å². The Kier molecular flexibility index (Phi) is 6.70. The second kappa shape index (κ2) is 9.42. The molecule has 1 aromatic heterocycles. The summed E-state index contributed by atoms with van der Waals surface area (Å²) < 4.78 is 5.53. The molecule has 0 bridgehead atoms. The number of thioether (sulfide) groups is 1. The highest BCUT2D eigenvalue weighted by atomic mass is 32.2. The van der Waals surface area contributed by atoms with E-state index in [0.717, 1.165) is 17.8 Å². The summed E-state index contributed by atoms with van der Waals surface area (Å²) >= 11 is 6.37. The Bertz CT molecular complexity index is 1060. The van der Waals surface area contributed by atoms with Crippen LogP contribution in [0.1, 0.15) is 22.5 Å². The van der Waals surface area contributed by atoms with Crippen molar-refractivity contribution >= 4 is 57.8 Å². The highest BCUT2D eigenvalue weighted by Gasteiger charge is 2.31. The quantitative estimate of drug-likeness (QED) is 0.439. The highest BCUT2D eigenvalue weighted by Crippen LogP contribution is 2.31. The predicted octanol–water partition coefficient (Wildman–Crippen LogP) is 3.47. The van der Waals surface area contributed by atoms with Gasteiger partial charge < -0.3 is 19.9 Å². The van der Waals surface area contributed by atoms with Crippen molar-refractivity contribution < 1.29 is 29.0 Å². The number of phenols is 1. The van der Waals surface area contributed by atoms with E-state index in [1.165, 1.54) is 17.0 Å². The number of benzene rings is 1. The molecule has 2 amide bonds. The molecule has 3 rings (SSSR count). The van der Waals surface area contributed by atoms with Gasteiger partial charge in [-0.15, -0.1) is 0 Å². The number of thiocarbonyl (C=S) groups is 1. The van der Waals surface area contributed by atoms with Gasteiger partial charge in [-0.1, -0.05) is 30.1 Å². The van der Waals surface area contributed by atoms with Crippen LogP contribution in [0.25, 0.3) is 6.08 Å². The van der Waals surface area contributed by atoms with Gasteiger partial charge in [-0.2, -0.15) is 0 Å². The second-order valence-corrected chi connectivity index (χ2v) is 7.74. The normalized spacial score (nSPS) is 15.3. The van der Waals surface area contributed by atoms with Crippen LogP contribution >= 0.6 is 24.0 Å². The smallest absolute Gasteiger partial charge is 0.339 e. The van der Waals surface area contributed by atoms with Gasteiger partial charge in [-0.3, -0.25) is 14.5 Å². The van der Waals surface area contributed by atoms with Crippen molar-refractivity contribution in [2.75, 3.05) is 11.9 Å². The van der Waals surface area contributed by atoms with Crippen LogP contribution in [0.3, 0.4) is 0 Å². The van der Waals surface area contributed by atoms with Crippen LogP contribution in [0, 0.1) is 0 Å². The number of carbonyl (C=O) groups excluding carboxylic acids is 2. The van der Waals surface area contributed by atoms with Crippen LogP contribution in [0.15, 0.2) is 58.1 Å². The van der Waals surface area contributed by atoms with Gasteiger partial charge >= 0.3 is 5.97 Å². The molecule has 1 aliphatic rings. The topological polar surface area (TPSA) is 120 Å². The lowest BCUT2D eigenvalue weighted by Gasteiger charge is -2.14. The minimum Gasteiger partial charge on any atom is -0.507 e. The molecule has 1 fully saturated rings. The number of carboxylic acid groups (broad SMARTS) is 1. The first kappa shape index (κ1) is 21.3. The fourth-order valence-corrected chi connectivity index (χ4v) is 3.81. The summed E-state index contributed by atoms with van der Waals surface area (Å²) in [7, 11) is 0. The predicted molar refractivity (Wildman–Crippen MR) is 116 cm³/mol. The van der Waals surface area contributed by atoms with E-state index in [-0.39, 0.29) is 30.1 Å². The molecule has 0 spiro atoms. The molecule has 2 aromatic rings. The minimum absolute atomic E-state index is 0.0244. The first-order valence-corrected chi connectivity index (χ1v) is 9.89. The number of aromatic hydroxyl groups is 1. The molecule has 3 N–H and O–H groups in total. The van der Waals surface area contributed by atoms with Crippen LogP contribution in [0.4, 0.5) is 5.69 Å². The molecule has 154 valence electrons. The van der Waals surface area contributed by atoms with Gasteiger partial charge in [-0.05, 0) is 36.4 Å². The number of nitrogens with one attached hydrogen (secondary N) is 1. The Hall–Kier alpha value is -3.37. The number of amides is 2. The van der Waals surface area contributed by atoms with Gasteiger partial charge in [0, 0.05) is 24.7 Å². The van der Waals surface area contributed by atoms with E-state index in [1.54, 1.807) is 36.6 Å². The summed E-state index contributed by atoms with van der Waals surface area (Å²) in [6.07, 6.45) is 6.56. The standard InChI is InChI=1S/C20H16N2O6S2/c23-15-11-12(6-7-14(15)19(26)27)21-17(24)8-9-22-18(25)16(30-20(22)29)5-1-3-13-4-2-10-28-13/h1-7,10-11,23H,8-9H2,(H,21,24)(H,26,27)/b3-1+,16-5+. The maximum absolute atomic E-state index is 12.5. The van der Waals surface area contributed by atoms with Crippen molar-refractivity contribution in [3.63, 3.8) is 0 Å². The van der Waals surface area contributed by atoms with E-state index in [2.05, 4.69) is 5.32 Å². The number of furan rings is 1. The zero-order valence-electron chi connectivity index (χ0n) is 15.4. The average molecular weight is 444 g/mol. The van der Waals surface area contributed by atoms with Crippen molar-refractivity contribution in [1.82, 2.24) is 4.90 Å². The van der Waals surface area contributed by atoms with Crippen LogP contribution in [-0.2, 0) is 9.59 Å². The molecule has 0 saturated carbocycles. The number of aromatic carboxylic acids is 1. The summed E-state index contributed by atoms with van der Waals surface area (Å²) in [6.45, 7) is 0.0922. The third-order valence-corrected chi connectivity index (χ3v) is 5.40. The third-order valence-electron chi connectivity index (χ3n) is 4.00. The summed E-state index contributed by atoms with van der Waals surface area (Å²) in [5.41, 5.74) is -0.0192. The number of anilines is 1.